The van der Waals surface area contributed by atoms with E-state index in [9.17, 15) is 4.79 Å². The number of nitriles is 1. The Kier molecular flexibility index (Phi) is 5.20. The maximum Gasteiger partial charge on any atom is 0.350 e. The fraction of sp³-hybridized carbons (Fsp3) is 0.400. The van der Waals surface area contributed by atoms with Crippen molar-refractivity contribution in [1.82, 2.24) is 14.8 Å². The van der Waals surface area contributed by atoms with E-state index >= 15 is 0 Å². The molecule has 0 aliphatic heterocycles. The average Bonchev–Trinajstić information content (AvgIpc) is 2.71. The number of nitrogens with zero attached hydrogens (tertiary/aromatic N) is 4. The van der Waals surface area contributed by atoms with Gasteiger partial charge in [0.15, 0.2) is 10.7 Å². The van der Waals surface area contributed by atoms with Gasteiger partial charge in [-0.1, -0.05) is 11.8 Å². The number of ether oxygens (including phenoxy) is 1. The second kappa shape index (κ2) is 6.66. The molecule has 0 radical (unpaired) electrons. The molecule has 0 aliphatic rings. The lowest BCUT2D eigenvalue weighted by Gasteiger charge is -1.99. The van der Waals surface area contributed by atoms with Gasteiger partial charge in [-0.15, -0.1) is 5.10 Å². The molecule has 1 rings (SSSR count). The van der Waals surface area contributed by atoms with Crippen molar-refractivity contribution in [1.29, 1.82) is 5.26 Å². The number of aromatic nitrogens is 3. The van der Waals surface area contributed by atoms with Crippen LogP contribution in [-0.2, 0) is 16.6 Å². The quantitative estimate of drug-likeness (QED) is 0.367. The van der Waals surface area contributed by atoms with Crippen molar-refractivity contribution >= 4 is 23.7 Å². The third-order valence-electron chi connectivity index (χ3n) is 1.87. The van der Waals surface area contributed by atoms with Crippen molar-refractivity contribution < 1.29 is 9.53 Å². The van der Waals surface area contributed by atoms with E-state index in [2.05, 4.69) is 15.4 Å². The minimum absolute atomic E-state index is 0.130. The van der Waals surface area contributed by atoms with Crippen LogP contribution >= 0.6 is 11.8 Å². The molecular formula is C10H13N5O2S. The largest absolute Gasteiger partial charge is 0.462 e. The number of thioether (sulfide) groups is 1. The van der Waals surface area contributed by atoms with Crippen LogP contribution in [0.2, 0.25) is 0 Å². The van der Waals surface area contributed by atoms with Gasteiger partial charge in [0, 0.05) is 13.2 Å². The first-order valence-electron chi connectivity index (χ1n) is 5.11. The topological polar surface area (TPSA) is 92.8 Å². The first-order valence-corrected chi connectivity index (χ1v) is 6.33. The Balaban J connectivity index is 2.77. The number of anilines is 1. The molecule has 0 bridgehead atoms. The molecule has 18 heavy (non-hydrogen) atoms. The van der Waals surface area contributed by atoms with E-state index in [1.165, 1.54) is 18.0 Å². The Bertz CT molecular complexity index is 503. The Morgan fingerprint density at radius 1 is 1.72 bits per heavy atom. The minimum Gasteiger partial charge on any atom is -0.462 e. The summed E-state index contributed by atoms with van der Waals surface area (Å²) in [5.74, 6) is -0.354. The lowest BCUT2D eigenvalue weighted by molar-refractivity contribution is -0.138. The molecule has 8 heteroatoms. The summed E-state index contributed by atoms with van der Waals surface area (Å²) < 4.78 is 6.31. The van der Waals surface area contributed by atoms with Crippen LogP contribution in [0, 0.1) is 11.3 Å². The third-order valence-corrected chi connectivity index (χ3v) is 2.59. The lowest BCUT2D eigenvalue weighted by atomic mass is 10.3. The van der Waals surface area contributed by atoms with E-state index in [1.54, 1.807) is 24.7 Å². The molecule has 1 aromatic rings. The van der Waals surface area contributed by atoms with Crippen LogP contribution in [0.3, 0.4) is 0 Å². The van der Waals surface area contributed by atoms with Gasteiger partial charge in [0.1, 0.15) is 6.07 Å². The van der Waals surface area contributed by atoms with Gasteiger partial charge in [-0.3, -0.25) is 0 Å². The number of nitrogens with one attached hydrogen (secondary N) is 1. The van der Waals surface area contributed by atoms with Crippen LogP contribution in [0.5, 0.6) is 0 Å². The highest BCUT2D eigenvalue weighted by molar-refractivity contribution is 7.98. The summed E-state index contributed by atoms with van der Waals surface area (Å²) >= 11 is 1.44. The Morgan fingerprint density at radius 2 is 2.44 bits per heavy atom. The molecule has 0 unspecified atom stereocenters. The number of hydrogen-bond acceptors (Lipinski definition) is 7. The number of rotatable bonds is 5. The van der Waals surface area contributed by atoms with Crippen LogP contribution in [0.15, 0.2) is 16.9 Å². The smallest absolute Gasteiger partial charge is 0.350 e. The van der Waals surface area contributed by atoms with Gasteiger partial charge in [-0.25, -0.2) is 9.48 Å². The summed E-state index contributed by atoms with van der Waals surface area (Å²) in [6, 6.07) is 1.75. The fourth-order valence-corrected chi connectivity index (χ4v) is 1.57. The third kappa shape index (κ3) is 3.49. The standard InChI is InChI=1S/C10H13N5O2S/c1-4-17-8(16)7(5-11)6-12-9-13-10(18-3)15(2)14-9/h6H,4H2,1-3H3,(H,12,14)/b7-6-. The molecule has 1 N–H and O–H groups in total. The Morgan fingerprint density at radius 3 is 2.94 bits per heavy atom. The normalized spacial score (nSPS) is 10.9. The predicted octanol–water partition coefficient (Wildman–Crippen LogP) is 0.919. The zero-order valence-electron chi connectivity index (χ0n) is 10.3. The number of hydrogen-bond donors (Lipinski definition) is 1. The summed E-state index contributed by atoms with van der Waals surface area (Å²) in [6.07, 6.45) is 3.11. The summed E-state index contributed by atoms with van der Waals surface area (Å²) in [4.78, 5) is 15.5. The van der Waals surface area contributed by atoms with E-state index in [-0.39, 0.29) is 12.2 Å². The van der Waals surface area contributed by atoms with Crippen molar-refractivity contribution in [3.63, 3.8) is 0 Å². The van der Waals surface area contributed by atoms with Gasteiger partial charge in [0.25, 0.3) is 0 Å². The molecule has 0 spiro atoms. The molecule has 0 aromatic carbocycles. The molecule has 7 nitrogen and oxygen atoms in total. The Hall–Kier alpha value is -2.01. The van der Waals surface area contributed by atoms with Crippen molar-refractivity contribution in [2.45, 2.75) is 12.1 Å². The first kappa shape index (κ1) is 14.1. The van der Waals surface area contributed by atoms with E-state index in [4.69, 9.17) is 10.00 Å². The van der Waals surface area contributed by atoms with E-state index < -0.39 is 5.97 Å². The molecule has 1 aromatic heterocycles. The molecule has 0 saturated heterocycles. The van der Waals surface area contributed by atoms with Crippen LogP contribution in [0.25, 0.3) is 0 Å². The summed E-state index contributed by atoms with van der Waals surface area (Å²) in [7, 11) is 1.75. The molecule has 96 valence electrons. The molecule has 0 amide bonds. The van der Waals surface area contributed by atoms with Gasteiger partial charge in [-0.05, 0) is 13.2 Å². The fourth-order valence-electron chi connectivity index (χ4n) is 1.09. The number of carbonyl (C=O) groups is 1. The molecule has 0 atom stereocenters. The van der Waals surface area contributed by atoms with Crippen molar-refractivity contribution in [3.05, 3.63) is 11.8 Å². The monoisotopic (exact) mass is 267 g/mol. The van der Waals surface area contributed by atoms with Crippen molar-refractivity contribution in [2.24, 2.45) is 7.05 Å². The second-order valence-corrected chi connectivity index (χ2v) is 3.85. The lowest BCUT2D eigenvalue weighted by Crippen LogP contribution is -2.08. The SMILES string of the molecule is CCOC(=O)/C(C#N)=C\Nc1nc(SC)n(C)n1. The van der Waals surface area contributed by atoms with Gasteiger partial charge >= 0.3 is 5.97 Å². The van der Waals surface area contributed by atoms with E-state index in [0.29, 0.717) is 5.95 Å². The van der Waals surface area contributed by atoms with Crippen LogP contribution in [-0.4, -0.2) is 33.6 Å². The van der Waals surface area contributed by atoms with Crippen LogP contribution in [0.4, 0.5) is 5.95 Å². The van der Waals surface area contributed by atoms with Crippen molar-refractivity contribution in [2.75, 3.05) is 18.2 Å². The zero-order valence-corrected chi connectivity index (χ0v) is 11.1. The zero-order chi connectivity index (χ0) is 13.5. The Labute approximate surface area is 109 Å². The van der Waals surface area contributed by atoms with Gasteiger partial charge in [0.05, 0.1) is 6.61 Å². The molecular weight excluding hydrogens is 254 g/mol. The van der Waals surface area contributed by atoms with Gasteiger partial charge < -0.3 is 10.1 Å². The molecule has 1 heterocycles. The summed E-state index contributed by atoms with van der Waals surface area (Å²) in [6.45, 7) is 1.89. The minimum atomic E-state index is -0.673. The highest BCUT2D eigenvalue weighted by Crippen LogP contribution is 2.12. The van der Waals surface area contributed by atoms with Gasteiger partial charge in [-0.2, -0.15) is 10.2 Å². The average molecular weight is 267 g/mol. The number of aryl methyl sites for hydroxylation is 1. The van der Waals surface area contributed by atoms with Gasteiger partial charge in [0.2, 0.25) is 5.95 Å². The number of esters is 1. The molecule has 0 saturated carbocycles. The molecule has 0 aliphatic carbocycles. The summed E-state index contributed by atoms with van der Waals surface area (Å²) in [5, 5.41) is 16.3. The highest BCUT2D eigenvalue weighted by Gasteiger charge is 2.10. The predicted molar refractivity (Wildman–Crippen MR) is 66.7 cm³/mol. The second-order valence-electron chi connectivity index (χ2n) is 3.08. The maximum absolute atomic E-state index is 11.3. The van der Waals surface area contributed by atoms with E-state index in [0.717, 1.165) is 5.16 Å². The van der Waals surface area contributed by atoms with E-state index in [1.807, 2.05) is 6.26 Å². The number of carbonyl (C=O) groups excluding carboxylic acids is 1. The highest BCUT2D eigenvalue weighted by atomic mass is 32.2. The first-order chi connectivity index (χ1) is 8.62. The summed E-state index contributed by atoms with van der Waals surface area (Å²) in [5.41, 5.74) is -0.130. The van der Waals surface area contributed by atoms with Crippen molar-refractivity contribution in [3.8, 4) is 6.07 Å². The van der Waals surface area contributed by atoms with Crippen LogP contribution < -0.4 is 5.32 Å². The molecule has 0 fully saturated rings. The van der Waals surface area contributed by atoms with Crippen LogP contribution in [0.1, 0.15) is 6.92 Å². The maximum atomic E-state index is 11.3.